The van der Waals surface area contributed by atoms with Gasteiger partial charge in [-0.05, 0) is 29.8 Å². The molecule has 0 saturated heterocycles. The van der Waals surface area contributed by atoms with Crippen LogP contribution in [0.5, 0.6) is 0 Å². The first-order valence-electron chi connectivity index (χ1n) is 4.50. The zero-order chi connectivity index (χ0) is 9.64. The maximum atomic E-state index is 3.95. The number of nitrogens with zero attached hydrogens (tertiary/aromatic N) is 1. The average molecular weight is 183 g/mol. The van der Waals surface area contributed by atoms with Gasteiger partial charge in [0.25, 0.3) is 0 Å². The van der Waals surface area contributed by atoms with Crippen LogP contribution in [0.25, 0.3) is 0 Å². The van der Waals surface area contributed by atoms with E-state index in [1.807, 2.05) is 49.0 Å². The largest absolute Gasteiger partial charge is 0.376 e. The van der Waals surface area contributed by atoms with E-state index in [4.69, 9.17) is 0 Å². The number of para-hydroxylation sites is 1. The number of pyridine rings is 1. The summed E-state index contributed by atoms with van der Waals surface area (Å²) in [5.41, 5.74) is 2.20. The second-order valence-electron chi connectivity index (χ2n) is 2.94. The molecule has 0 saturated carbocycles. The number of hydrogen-bond acceptors (Lipinski definition) is 2. The van der Waals surface area contributed by atoms with E-state index in [0.717, 1.165) is 11.3 Å². The van der Waals surface area contributed by atoms with Crippen LogP contribution in [0, 0.1) is 6.54 Å². The first kappa shape index (κ1) is 8.75. The van der Waals surface area contributed by atoms with Gasteiger partial charge in [0.1, 0.15) is 0 Å². The van der Waals surface area contributed by atoms with Crippen LogP contribution in [-0.2, 0) is 0 Å². The Morgan fingerprint density at radius 3 is 2.36 bits per heavy atom. The van der Waals surface area contributed by atoms with Crippen molar-refractivity contribution in [1.29, 1.82) is 0 Å². The molecule has 0 amide bonds. The highest BCUT2D eigenvalue weighted by molar-refractivity contribution is 5.46. The lowest BCUT2D eigenvalue weighted by Crippen LogP contribution is -1.95. The summed E-state index contributed by atoms with van der Waals surface area (Å²) >= 11 is 0. The number of hydrogen-bond donors (Lipinski definition) is 1. The van der Waals surface area contributed by atoms with E-state index in [2.05, 4.69) is 10.3 Å². The molecule has 0 unspecified atom stereocenters. The van der Waals surface area contributed by atoms with Crippen molar-refractivity contribution >= 4 is 5.69 Å². The summed E-state index contributed by atoms with van der Waals surface area (Å²) in [7, 11) is 0. The Bertz CT molecular complexity index is 331. The minimum Gasteiger partial charge on any atom is -0.376 e. The Labute approximate surface area is 83.6 Å². The predicted octanol–water partition coefficient (Wildman–Crippen LogP) is 2.70. The van der Waals surface area contributed by atoms with Gasteiger partial charge in [-0.2, -0.15) is 0 Å². The predicted molar refractivity (Wildman–Crippen MR) is 57.7 cm³/mol. The highest BCUT2D eigenvalue weighted by atomic mass is 14.9. The molecule has 0 bridgehead atoms. The van der Waals surface area contributed by atoms with Crippen LogP contribution in [-0.4, -0.2) is 4.98 Å². The molecule has 2 aromatic rings. The summed E-state index contributed by atoms with van der Waals surface area (Å²) in [6.07, 6.45) is 3.55. The van der Waals surface area contributed by atoms with Crippen molar-refractivity contribution in [3.63, 3.8) is 0 Å². The summed E-state index contributed by atoms with van der Waals surface area (Å²) in [6, 6.07) is 14.0. The van der Waals surface area contributed by atoms with E-state index in [9.17, 15) is 0 Å². The summed E-state index contributed by atoms with van der Waals surface area (Å²) in [4.78, 5) is 3.95. The Morgan fingerprint density at radius 1 is 0.929 bits per heavy atom. The number of benzene rings is 1. The van der Waals surface area contributed by atoms with Crippen LogP contribution in [0.1, 0.15) is 5.56 Å². The molecule has 2 heteroatoms. The van der Waals surface area contributed by atoms with Gasteiger partial charge >= 0.3 is 0 Å². The van der Waals surface area contributed by atoms with E-state index in [1.54, 1.807) is 12.4 Å². The summed E-state index contributed by atoms with van der Waals surface area (Å²) < 4.78 is 0. The summed E-state index contributed by atoms with van der Waals surface area (Å²) in [6.45, 7) is 1.96. The number of nitrogens with one attached hydrogen (secondary N) is 1. The number of aromatic nitrogens is 1. The fourth-order valence-electron chi connectivity index (χ4n) is 1.16. The lowest BCUT2D eigenvalue weighted by Gasteiger charge is -2.04. The molecule has 0 aliphatic heterocycles. The van der Waals surface area contributed by atoms with E-state index >= 15 is 0 Å². The molecular weight excluding hydrogens is 172 g/mol. The smallest absolute Gasteiger partial charge is 0.0758 e. The second kappa shape index (κ2) is 4.42. The van der Waals surface area contributed by atoms with Crippen molar-refractivity contribution in [1.82, 2.24) is 4.98 Å². The zero-order valence-corrected chi connectivity index (χ0v) is 7.72. The zero-order valence-electron chi connectivity index (χ0n) is 7.72. The summed E-state index contributed by atoms with van der Waals surface area (Å²) in [5.74, 6) is 0. The Balaban J connectivity index is 1.96. The molecule has 1 aromatic carbocycles. The Hall–Kier alpha value is -1.83. The molecule has 0 fully saturated rings. The Kier molecular flexibility index (Phi) is 2.76. The molecule has 0 aliphatic rings. The molecular formula is C12H11N2. The van der Waals surface area contributed by atoms with Crippen LogP contribution in [0.4, 0.5) is 5.69 Å². The van der Waals surface area contributed by atoms with E-state index in [0.29, 0.717) is 0 Å². The third-order valence-electron chi connectivity index (χ3n) is 1.89. The molecule has 69 valence electrons. The number of anilines is 1. The SMILES string of the molecule is [CH](Nc1ccccc1)c1ccncc1. The van der Waals surface area contributed by atoms with Crippen LogP contribution in [0.15, 0.2) is 54.9 Å². The van der Waals surface area contributed by atoms with Crippen molar-refractivity contribution < 1.29 is 0 Å². The fourth-order valence-corrected chi connectivity index (χ4v) is 1.16. The normalized spacial score (nSPS) is 9.71. The molecule has 2 nitrogen and oxygen atoms in total. The van der Waals surface area contributed by atoms with Gasteiger partial charge in [0.05, 0.1) is 6.54 Å². The minimum atomic E-state index is 1.09. The number of rotatable bonds is 3. The van der Waals surface area contributed by atoms with Crippen molar-refractivity contribution in [3.05, 3.63) is 67.0 Å². The standard InChI is InChI=1S/C12H11N2/c1-2-4-12(5-3-1)14-10-11-6-8-13-9-7-11/h1-10,14H. The fraction of sp³-hybridized carbons (Fsp3) is 0. The van der Waals surface area contributed by atoms with E-state index in [1.165, 1.54) is 0 Å². The van der Waals surface area contributed by atoms with Crippen LogP contribution in [0.2, 0.25) is 0 Å². The molecule has 1 aromatic heterocycles. The van der Waals surface area contributed by atoms with Gasteiger partial charge in [0.15, 0.2) is 0 Å². The van der Waals surface area contributed by atoms with Gasteiger partial charge in [-0.1, -0.05) is 18.2 Å². The average Bonchev–Trinajstić information content (AvgIpc) is 2.29. The second-order valence-corrected chi connectivity index (χ2v) is 2.94. The van der Waals surface area contributed by atoms with Crippen molar-refractivity contribution in [3.8, 4) is 0 Å². The van der Waals surface area contributed by atoms with Gasteiger partial charge in [-0.3, -0.25) is 4.98 Å². The highest BCUT2D eigenvalue weighted by Crippen LogP contribution is 2.08. The topological polar surface area (TPSA) is 24.9 Å². The molecule has 1 heterocycles. The van der Waals surface area contributed by atoms with Gasteiger partial charge < -0.3 is 5.32 Å². The first-order valence-corrected chi connectivity index (χ1v) is 4.50. The van der Waals surface area contributed by atoms with E-state index in [-0.39, 0.29) is 0 Å². The maximum Gasteiger partial charge on any atom is 0.0758 e. The maximum absolute atomic E-state index is 3.95. The molecule has 1 radical (unpaired) electrons. The third-order valence-corrected chi connectivity index (χ3v) is 1.89. The molecule has 0 atom stereocenters. The van der Waals surface area contributed by atoms with Crippen LogP contribution < -0.4 is 5.32 Å². The van der Waals surface area contributed by atoms with Crippen LogP contribution >= 0.6 is 0 Å². The Morgan fingerprint density at radius 2 is 1.64 bits per heavy atom. The van der Waals surface area contributed by atoms with Crippen molar-refractivity contribution in [2.24, 2.45) is 0 Å². The quantitative estimate of drug-likeness (QED) is 0.791. The van der Waals surface area contributed by atoms with Gasteiger partial charge in [-0.25, -0.2) is 0 Å². The van der Waals surface area contributed by atoms with E-state index < -0.39 is 0 Å². The molecule has 2 rings (SSSR count). The molecule has 1 N–H and O–H groups in total. The monoisotopic (exact) mass is 183 g/mol. The molecule has 0 aliphatic carbocycles. The van der Waals surface area contributed by atoms with Crippen molar-refractivity contribution in [2.75, 3.05) is 5.32 Å². The molecule has 14 heavy (non-hydrogen) atoms. The first-order chi connectivity index (χ1) is 6.95. The summed E-state index contributed by atoms with van der Waals surface area (Å²) in [5, 5.41) is 3.21. The van der Waals surface area contributed by atoms with Crippen LogP contribution in [0.3, 0.4) is 0 Å². The third kappa shape index (κ3) is 2.33. The van der Waals surface area contributed by atoms with Gasteiger partial charge in [0, 0.05) is 18.1 Å². The lowest BCUT2D eigenvalue weighted by molar-refractivity contribution is 1.28. The minimum absolute atomic E-state index is 1.09. The van der Waals surface area contributed by atoms with Gasteiger partial charge in [0.2, 0.25) is 0 Å². The molecule has 0 spiro atoms. The lowest BCUT2D eigenvalue weighted by atomic mass is 10.2. The van der Waals surface area contributed by atoms with Crippen molar-refractivity contribution in [2.45, 2.75) is 0 Å². The van der Waals surface area contributed by atoms with Gasteiger partial charge in [-0.15, -0.1) is 0 Å². The highest BCUT2D eigenvalue weighted by Gasteiger charge is 1.92.